The first-order chi connectivity index (χ1) is 8.97. The third-order valence-corrected chi connectivity index (χ3v) is 4.86. The predicted octanol–water partition coefficient (Wildman–Crippen LogP) is 1.63. The zero-order valence-electron chi connectivity index (χ0n) is 12.5. The molecule has 3 atom stereocenters. The SMILES string of the molecule is CCOC(=O)C(N)(CN1CCC(C)C(C)C1)C1CC1. The van der Waals surface area contributed by atoms with Crippen molar-refractivity contribution in [3.05, 3.63) is 0 Å². The average molecular weight is 268 g/mol. The van der Waals surface area contributed by atoms with Crippen LogP contribution in [0.25, 0.3) is 0 Å². The van der Waals surface area contributed by atoms with Crippen LogP contribution in [0.3, 0.4) is 0 Å². The lowest BCUT2D eigenvalue weighted by Crippen LogP contribution is -2.60. The van der Waals surface area contributed by atoms with Crippen molar-refractivity contribution in [3.63, 3.8) is 0 Å². The lowest BCUT2D eigenvalue weighted by molar-refractivity contribution is -0.151. The number of hydrogen-bond donors (Lipinski definition) is 1. The van der Waals surface area contributed by atoms with Crippen LogP contribution in [0, 0.1) is 17.8 Å². The third kappa shape index (κ3) is 3.29. The minimum absolute atomic E-state index is 0.205. The van der Waals surface area contributed by atoms with Crippen LogP contribution in [0.1, 0.15) is 40.0 Å². The van der Waals surface area contributed by atoms with Crippen molar-refractivity contribution < 1.29 is 9.53 Å². The van der Waals surface area contributed by atoms with Gasteiger partial charge in [0.2, 0.25) is 0 Å². The Kier molecular flexibility index (Phi) is 4.51. The molecule has 1 heterocycles. The molecule has 4 nitrogen and oxygen atoms in total. The van der Waals surface area contributed by atoms with Crippen molar-refractivity contribution in [1.82, 2.24) is 4.90 Å². The van der Waals surface area contributed by atoms with Crippen LogP contribution in [0.4, 0.5) is 0 Å². The lowest BCUT2D eigenvalue weighted by atomic mass is 9.86. The van der Waals surface area contributed by atoms with Crippen LogP contribution in [0.2, 0.25) is 0 Å². The van der Waals surface area contributed by atoms with Crippen LogP contribution in [0.5, 0.6) is 0 Å². The molecule has 1 aliphatic carbocycles. The van der Waals surface area contributed by atoms with Gasteiger partial charge in [-0.25, -0.2) is 4.79 Å². The number of nitrogens with two attached hydrogens (primary N) is 1. The number of nitrogens with zero attached hydrogens (tertiary/aromatic N) is 1. The summed E-state index contributed by atoms with van der Waals surface area (Å²) in [4.78, 5) is 14.6. The van der Waals surface area contributed by atoms with Crippen molar-refractivity contribution in [1.29, 1.82) is 0 Å². The third-order valence-electron chi connectivity index (χ3n) is 4.86. The summed E-state index contributed by atoms with van der Waals surface area (Å²) in [6, 6.07) is 0. The molecule has 1 aliphatic heterocycles. The number of rotatable bonds is 5. The summed E-state index contributed by atoms with van der Waals surface area (Å²) in [5.74, 6) is 1.57. The van der Waals surface area contributed by atoms with Crippen LogP contribution >= 0.6 is 0 Å². The molecule has 0 aromatic heterocycles. The zero-order chi connectivity index (χ0) is 14.0. The molecular formula is C15H28N2O2. The monoisotopic (exact) mass is 268 g/mol. The molecule has 3 unspecified atom stereocenters. The molecule has 2 N–H and O–H groups in total. The van der Waals surface area contributed by atoms with E-state index in [1.54, 1.807) is 0 Å². The molecular weight excluding hydrogens is 240 g/mol. The van der Waals surface area contributed by atoms with Crippen molar-refractivity contribution in [2.75, 3.05) is 26.2 Å². The van der Waals surface area contributed by atoms with Crippen molar-refractivity contribution in [3.8, 4) is 0 Å². The molecule has 1 saturated heterocycles. The average Bonchev–Trinajstić information content (AvgIpc) is 3.18. The number of carbonyl (C=O) groups excluding carboxylic acids is 1. The number of likely N-dealkylation sites (tertiary alicyclic amines) is 1. The summed E-state index contributed by atoms with van der Waals surface area (Å²) in [6.45, 7) is 9.62. The lowest BCUT2D eigenvalue weighted by Gasteiger charge is -2.40. The molecule has 2 aliphatic rings. The van der Waals surface area contributed by atoms with Crippen LogP contribution in [-0.2, 0) is 9.53 Å². The van der Waals surface area contributed by atoms with E-state index in [2.05, 4.69) is 18.7 Å². The number of hydrogen-bond acceptors (Lipinski definition) is 4. The van der Waals surface area contributed by atoms with Gasteiger partial charge in [0, 0.05) is 13.1 Å². The molecule has 2 fully saturated rings. The van der Waals surface area contributed by atoms with Gasteiger partial charge >= 0.3 is 5.97 Å². The standard InChI is InChI=1S/C15H28N2O2/c1-4-19-14(18)15(16,13-5-6-13)10-17-8-7-11(2)12(3)9-17/h11-13H,4-10,16H2,1-3H3. The van der Waals surface area contributed by atoms with Gasteiger partial charge < -0.3 is 15.4 Å². The van der Waals surface area contributed by atoms with Crippen molar-refractivity contribution in [2.24, 2.45) is 23.5 Å². The molecule has 4 heteroatoms. The van der Waals surface area contributed by atoms with E-state index in [9.17, 15) is 4.79 Å². The number of esters is 1. The van der Waals surface area contributed by atoms with E-state index in [1.807, 2.05) is 6.92 Å². The summed E-state index contributed by atoms with van der Waals surface area (Å²) in [5.41, 5.74) is 5.65. The van der Waals surface area contributed by atoms with Gasteiger partial charge in [0.1, 0.15) is 5.54 Å². The largest absolute Gasteiger partial charge is 0.465 e. The Morgan fingerprint density at radius 2 is 2.00 bits per heavy atom. The van der Waals surface area contributed by atoms with Crippen LogP contribution in [-0.4, -0.2) is 42.6 Å². The van der Waals surface area contributed by atoms with Crippen molar-refractivity contribution >= 4 is 5.97 Å². The Morgan fingerprint density at radius 3 is 2.53 bits per heavy atom. The number of carbonyl (C=O) groups is 1. The van der Waals surface area contributed by atoms with E-state index >= 15 is 0 Å². The Labute approximate surface area is 116 Å². The fourth-order valence-corrected chi connectivity index (χ4v) is 3.09. The van der Waals surface area contributed by atoms with Crippen LogP contribution < -0.4 is 5.73 Å². The predicted molar refractivity (Wildman–Crippen MR) is 75.7 cm³/mol. The highest BCUT2D eigenvalue weighted by atomic mass is 16.5. The van der Waals surface area contributed by atoms with E-state index < -0.39 is 5.54 Å². The Hall–Kier alpha value is -0.610. The Bertz CT molecular complexity index is 330. The summed E-state index contributed by atoms with van der Waals surface area (Å²) in [7, 11) is 0. The number of ether oxygens (including phenoxy) is 1. The van der Waals surface area contributed by atoms with Crippen molar-refractivity contribution in [2.45, 2.75) is 45.6 Å². The van der Waals surface area contributed by atoms with Gasteiger partial charge in [-0.1, -0.05) is 13.8 Å². The van der Waals surface area contributed by atoms with Crippen LogP contribution in [0.15, 0.2) is 0 Å². The fourth-order valence-electron chi connectivity index (χ4n) is 3.09. The molecule has 1 saturated carbocycles. The molecule has 0 aromatic rings. The first kappa shape index (κ1) is 14.8. The highest BCUT2D eigenvalue weighted by Crippen LogP contribution is 2.40. The minimum Gasteiger partial charge on any atom is -0.465 e. The number of piperidine rings is 1. The Balaban J connectivity index is 1.99. The zero-order valence-corrected chi connectivity index (χ0v) is 12.5. The normalized spacial score (nSPS) is 31.8. The van der Waals surface area contributed by atoms with Gasteiger partial charge in [0.05, 0.1) is 6.61 Å². The van der Waals surface area contributed by atoms with E-state index in [0.29, 0.717) is 25.0 Å². The van der Waals surface area contributed by atoms with Gasteiger partial charge in [-0.05, 0) is 50.5 Å². The molecule has 0 bridgehead atoms. The Morgan fingerprint density at radius 1 is 1.32 bits per heavy atom. The minimum atomic E-state index is -0.781. The second-order valence-corrected chi connectivity index (χ2v) is 6.51. The first-order valence-electron chi connectivity index (χ1n) is 7.65. The maximum absolute atomic E-state index is 12.2. The molecule has 0 radical (unpaired) electrons. The molecule has 0 aromatic carbocycles. The summed E-state index contributed by atoms with van der Waals surface area (Å²) >= 11 is 0. The highest BCUT2D eigenvalue weighted by Gasteiger charge is 2.50. The fraction of sp³-hybridized carbons (Fsp3) is 0.933. The second kappa shape index (κ2) is 5.80. The quantitative estimate of drug-likeness (QED) is 0.770. The molecule has 2 rings (SSSR count). The van der Waals surface area contributed by atoms with Gasteiger partial charge in [-0.15, -0.1) is 0 Å². The molecule has 19 heavy (non-hydrogen) atoms. The highest BCUT2D eigenvalue weighted by molar-refractivity contribution is 5.82. The maximum atomic E-state index is 12.2. The summed E-state index contributed by atoms with van der Waals surface area (Å²) < 4.78 is 5.21. The first-order valence-corrected chi connectivity index (χ1v) is 7.65. The van der Waals surface area contributed by atoms with E-state index in [1.165, 1.54) is 6.42 Å². The van der Waals surface area contributed by atoms with E-state index in [4.69, 9.17) is 10.5 Å². The van der Waals surface area contributed by atoms with Gasteiger partial charge in [-0.2, -0.15) is 0 Å². The van der Waals surface area contributed by atoms with Gasteiger partial charge in [0.25, 0.3) is 0 Å². The van der Waals surface area contributed by atoms with E-state index in [0.717, 1.165) is 31.8 Å². The molecule has 110 valence electrons. The second-order valence-electron chi connectivity index (χ2n) is 6.51. The summed E-state index contributed by atoms with van der Waals surface area (Å²) in [5, 5.41) is 0. The van der Waals surface area contributed by atoms with E-state index in [-0.39, 0.29) is 5.97 Å². The van der Waals surface area contributed by atoms with Gasteiger partial charge in [-0.3, -0.25) is 0 Å². The molecule has 0 amide bonds. The summed E-state index contributed by atoms with van der Waals surface area (Å²) in [6.07, 6.45) is 3.33. The molecule has 0 spiro atoms. The van der Waals surface area contributed by atoms with Gasteiger partial charge in [0.15, 0.2) is 0 Å². The topological polar surface area (TPSA) is 55.6 Å². The smallest absolute Gasteiger partial charge is 0.327 e. The maximum Gasteiger partial charge on any atom is 0.327 e.